The van der Waals surface area contributed by atoms with Crippen molar-refractivity contribution in [3.8, 4) is 5.75 Å². The standard InChI is InChI=1S/C23H29N3O2S/c1-17(2)28-21-12-8-19(9-13-21)22(27)25-23(29)24-20-10-6-18(7-11-20)16-26-14-4-3-5-15-26/h6-13,17H,3-5,14-16H2,1-2H3,(H2,24,25,27,29). The Morgan fingerprint density at radius 2 is 1.69 bits per heavy atom. The van der Waals surface area contributed by atoms with Gasteiger partial charge in [0.1, 0.15) is 5.75 Å². The highest BCUT2D eigenvalue weighted by atomic mass is 32.1. The van der Waals surface area contributed by atoms with E-state index in [-0.39, 0.29) is 17.1 Å². The van der Waals surface area contributed by atoms with Crippen molar-refractivity contribution in [2.24, 2.45) is 0 Å². The molecule has 0 spiro atoms. The van der Waals surface area contributed by atoms with Crippen LogP contribution in [0.5, 0.6) is 5.75 Å². The van der Waals surface area contributed by atoms with Crippen LogP contribution in [0, 0.1) is 0 Å². The third-order valence-corrected chi connectivity index (χ3v) is 4.99. The number of nitrogens with one attached hydrogen (secondary N) is 2. The lowest BCUT2D eigenvalue weighted by Crippen LogP contribution is -2.34. The molecule has 0 aromatic heterocycles. The summed E-state index contributed by atoms with van der Waals surface area (Å²) in [4.78, 5) is 14.9. The molecule has 29 heavy (non-hydrogen) atoms. The maximum Gasteiger partial charge on any atom is 0.257 e. The van der Waals surface area contributed by atoms with E-state index >= 15 is 0 Å². The van der Waals surface area contributed by atoms with Gasteiger partial charge in [-0.15, -0.1) is 0 Å². The fourth-order valence-electron chi connectivity index (χ4n) is 3.36. The molecule has 3 rings (SSSR count). The van der Waals surface area contributed by atoms with E-state index in [1.165, 1.54) is 37.9 Å². The second-order valence-corrected chi connectivity index (χ2v) is 8.04. The van der Waals surface area contributed by atoms with Gasteiger partial charge in [0, 0.05) is 17.8 Å². The van der Waals surface area contributed by atoms with Crippen molar-refractivity contribution in [3.63, 3.8) is 0 Å². The van der Waals surface area contributed by atoms with Gasteiger partial charge in [-0.25, -0.2) is 0 Å². The van der Waals surface area contributed by atoms with Crippen LogP contribution in [0.25, 0.3) is 0 Å². The topological polar surface area (TPSA) is 53.6 Å². The number of amides is 1. The van der Waals surface area contributed by atoms with Crippen molar-refractivity contribution >= 4 is 28.9 Å². The fraction of sp³-hybridized carbons (Fsp3) is 0.391. The molecule has 1 fully saturated rings. The van der Waals surface area contributed by atoms with Crippen LogP contribution in [0.2, 0.25) is 0 Å². The number of thiocarbonyl (C=S) groups is 1. The van der Waals surface area contributed by atoms with Crippen LogP contribution in [-0.2, 0) is 6.54 Å². The highest BCUT2D eigenvalue weighted by Gasteiger charge is 2.11. The number of carbonyl (C=O) groups is 1. The number of nitrogens with zero attached hydrogens (tertiary/aromatic N) is 1. The van der Waals surface area contributed by atoms with Crippen LogP contribution in [0.15, 0.2) is 48.5 Å². The lowest BCUT2D eigenvalue weighted by molar-refractivity contribution is 0.0977. The number of benzene rings is 2. The fourth-order valence-corrected chi connectivity index (χ4v) is 3.57. The summed E-state index contributed by atoms with van der Waals surface area (Å²) in [6, 6.07) is 15.2. The van der Waals surface area contributed by atoms with Crippen molar-refractivity contribution < 1.29 is 9.53 Å². The van der Waals surface area contributed by atoms with E-state index < -0.39 is 0 Å². The van der Waals surface area contributed by atoms with Crippen LogP contribution in [0.4, 0.5) is 5.69 Å². The first-order chi connectivity index (χ1) is 14.0. The third-order valence-electron chi connectivity index (χ3n) is 4.78. The zero-order valence-electron chi connectivity index (χ0n) is 17.1. The number of hydrogen-bond donors (Lipinski definition) is 2. The van der Waals surface area contributed by atoms with Crippen LogP contribution < -0.4 is 15.4 Å². The quantitative estimate of drug-likeness (QED) is 0.681. The molecule has 1 aliphatic heterocycles. The zero-order valence-corrected chi connectivity index (χ0v) is 17.9. The van der Waals surface area contributed by atoms with Gasteiger partial charge in [0.25, 0.3) is 5.91 Å². The van der Waals surface area contributed by atoms with Crippen molar-refractivity contribution in [3.05, 3.63) is 59.7 Å². The third kappa shape index (κ3) is 6.84. The first kappa shape index (κ1) is 21.3. The van der Waals surface area contributed by atoms with Gasteiger partial charge < -0.3 is 10.1 Å². The second-order valence-electron chi connectivity index (χ2n) is 7.63. The van der Waals surface area contributed by atoms with Crippen LogP contribution in [0.1, 0.15) is 49.0 Å². The van der Waals surface area contributed by atoms with Gasteiger partial charge >= 0.3 is 0 Å². The summed E-state index contributed by atoms with van der Waals surface area (Å²) in [5, 5.41) is 6.07. The van der Waals surface area contributed by atoms with E-state index in [0.717, 1.165) is 18.0 Å². The monoisotopic (exact) mass is 411 g/mol. The van der Waals surface area contributed by atoms with Crippen molar-refractivity contribution in [2.75, 3.05) is 18.4 Å². The average Bonchev–Trinajstić information content (AvgIpc) is 2.70. The van der Waals surface area contributed by atoms with Crippen molar-refractivity contribution in [1.82, 2.24) is 10.2 Å². The smallest absolute Gasteiger partial charge is 0.257 e. The van der Waals surface area contributed by atoms with Gasteiger partial charge in [-0.2, -0.15) is 0 Å². The Labute approximate surface area is 178 Å². The molecule has 0 radical (unpaired) electrons. The molecule has 6 heteroatoms. The van der Waals surface area contributed by atoms with Crippen molar-refractivity contribution in [2.45, 2.75) is 45.8 Å². The average molecular weight is 412 g/mol. The molecule has 2 N–H and O–H groups in total. The largest absolute Gasteiger partial charge is 0.491 e. The van der Waals surface area contributed by atoms with Gasteiger partial charge in [-0.3, -0.25) is 15.0 Å². The van der Waals surface area contributed by atoms with Gasteiger partial charge in [-0.1, -0.05) is 18.6 Å². The van der Waals surface area contributed by atoms with E-state index in [1.807, 2.05) is 26.0 Å². The Morgan fingerprint density at radius 1 is 1.03 bits per heavy atom. The summed E-state index contributed by atoms with van der Waals surface area (Å²) in [7, 11) is 0. The predicted molar refractivity (Wildman–Crippen MR) is 121 cm³/mol. The Bertz CT molecular complexity index is 813. The molecule has 0 aliphatic carbocycles. The minimum absolute atomic E-state index is 0.0951. The van der Waals surface area contributed by atoms with Gasteiger partial charge in [-0.05, 0) is 94.0 Å². The zero-order chi connectivity index (χ0) is 20.6. The molecular weight excluding hydrogens is 382 g/mol. The van der Waals surface area contributed by atoms with E-state index in [0.29, 0.717) is 5.56 Å². The second kappa shape index (κ2) is 10.4. The molecule has 0 bridgehead atoms. The minimum Gasteiger partial charge on any atom is -0.491 e. The molecule has 2 aromatic rings. The first-order valence-corrected chi connectivity index (χ1v) is 10.6. The molecule has 5 nitrogen and oxygen atoms in total. The van der Waals surface area contributed by atoms with Crippen LogP contribution >= 0.6 is 12.2 Å². The van der Waals surface area contributed by atoms with Gasteiger partial charge in [0.2, 0.25) is 0 Å². The predicted octanol–water partition coefficient (Wildman–Crippen LogP) is 4.59. The summed E-state index contributed by atoms with van der Waals surface area (Å²) in [6.07, 6.45) is 4.03. The van der Waals surface area contributed by atoms with E-state index in [9.17, 15) is 4.79 Å². The minimum atomic E-state index is -0.250. The number of hydrogen-bond acceptors (Lipinski definition) is 4. The Balaban J connectivity index is 1.48. The Kier molecular flexibility index (Phi) is 7.61. The molecule has 0 saturated carbocycles. The number of piperidine rings is 1. The first-order valence-electron chi connectivity index (χ1n) is 10.2. The molecule has 1 saturated heterocycles. The van der Waals surface area contributed by atoms with E-state index in [1.54, 1.807) is 24.3 Å². The molecule has 0 unspecified atom stereocenters. The number of anilines is 1. The molecule has 1 aliphatic rings. The number of ether oxygens (including phenoxy) is 1. The summed E-state index contributed by atoms with van der Waals surface area (Å²) < 4.78 is 5.59. The molecule has 154 valence electrons. The SMILES string of the molecule is CC(C)Oc1ccc(C(=O)NC(=S)Nc2ccc(CN3CCCCC3)cc2)cc1. The molecule has 1 amide bonds. The summed E-state index contributed by atoms with van der Waals surface area (Å²) in [5.41, 5.74) is 2.68. The lowest BCUT2D eigenvalue weighted by atomic mass is 10.1. The summed E-state index contributed by atoms with van der Waals surface area (Å²) >= 11 is 5.28. The highest BCUT2D eigenvalue weighted by Crippen LogP contribution is 2.16. The lowest BCUT2D eigenvalue weighted by Gasteiger charge is -2.26. The summed E-state index contributed by atoms with van der Waals surface area (Å²) in [6.45, 7) is 7.27. The summed E-state index contributed by atoms with van der Waals surface area (Å²) in [5.74, 6) is 0.488. The normalized spacial score (nSPS) is 14.4. The number of likely N-dealkylation sites (tertiary alicyclic amines) is 1. The van der Waals surface area contributed by atoms with Crippen LogP contribution in [-0.4, -0.2) is 35.1 Å². The Morgan fingerprint density at radius 3 is 2.31 bits per heavy atom. The maximum atomic E-state index is 12.4. The number of rotatable bonds is 6. The van der Waals surface area contributed by atoms with Gasteiger partial charge in [0.15, 0.2) is 5.11 Å². The highest BCUT2D eigenvalue weighted by molar-refractivity contribution is 7.80. The number of carbonyl (C=O) groups excluding carboxylic acids is 1. The maximum absolute atomic E-state index is 12.4. The van der Waals surface area contributed by atoms with Crippen molar-refractivity contribution in [1.29, 1.82) is 0 Å². The molecule has 0 atom stereocenters. The van der Waals surface area contributed by atoms with E-state index in [4.69, 9.17) is 17.0 Å². The Hall–Kier alpha value is -2.44. The molecular formula is C23H29N3O2S. The van der Waals surface area contributed by atoms with Gasteiger partial charge in [0.05, 0.1) is 6.10 Å². The molecule has 2 aromatic carbocycles. The molecule has 1 heterocycles. The van der Waals surface area contributed by atoms with Crippen LogP contribution in [0.3, 0.4) is 0 Å². The van der Waals surface area contributed by atoms with E-state index in [2.05, 4.69) is 27.7 Å².